The van der Waals surface area contributed by atoms with Crippen LogP contribution < -0.4 is 4.90 Å². The van der Waals surface area contributed by atoms with E-state index in [0.717, 1.165) is 12.8 Å². The molecule has 1 aliphatic rings. The van der Waals surface area contributed by atoms with Gasteiger partial charge in [-0.15, -0.1) is 0 Å². The molecule has 5 heteroatoms. The van der Waals surface area contributed by atoms with Gasteiger partial charge in [-0.3, -0.25) is 0 Å². The van der Waals surface area contributed by atoms with Gasteiger partial charge in [0.15, 0.2) is 0 Å². The molecule has 1 aromatic carbocycles. The molecule has 1 fully saturated rings. The largest absolute Gasteiger partial charge is 0.478 e. The van der Waals surface area contributed by atoms with Gasteiger partial charge >= 0.3 is 5.97 Å². The lowest BCUT2D eigenvalue weighted by Crippen LogP contribution is -2.40. The van der Waals surface area contributed by atoms with Gasteiger partial charge in [-0.2, -0.15) is 0 Å². The molecular formula is C14H18FNO3. The van der Waals surface area contributed by atoms with Gasteiger partial charge in [-0.05, 0) is 31.9 Å². The van der Waals surface area contributed by atoms with Gasteiger partial charge in [0.1, 0.15) is 5.82 Å². The Morgan fingerprint density at radius 3 is 3.05 bits per heavy atom. The number of piperidine rings is 1. The van der Waals surface area contributed by atoms with Gasteiger partial charge < -0.3 is 14.7 Å². The molecule has 0 saturated carbocycles. The molecule has 0 aromatic heterocycles. The van der Waals surface area contributed by atoms with Gasteiger partial charge in [0.2, 0.25) is 0 Å². The van der Waals surface area contributed by atoms with Crippen LogP contribution in [0.3, 0.4) is 0 Å². The Morgan fingerprint density at radius 1 is 1.58 bits per heavy atom. The number of rotatable bonds is 4. The van der Waals surface area contributed by atoms with E-state index in [1.54, 1.807) is 4.90 Å². The number of ether oxygens (including phenoxy) is 1. The van der Waals surface area contributed by atoms with E-state index in [0.29, 0.717) is 19.7 Å². The zero-order valence-electron chi connectivity index (χ0n) is 10.9. The number of carboxylic acids is 1. The van der Waals surface area contributed by atoms with Crippen molar-refractivity contribution in [3.63, 3.8) is 0 Å². The smallest absolute Gasteiger partial charge is 0.337 e. The Bertz CT molecular complexity index is 462. The summed E-state index contributed by atoms with van der Waals surface area (Å²) in [7, 11) is 0. The summed E-state index contributed by atoms with van der Waals surface area (Å²) in [6.45, 7) is 3.73. The number of carbonyl (C=O) groups is 1. The number of nitrogens with zero attached hydrogens (tertiary/aromatic N) is 1. The van der Waals surface area contributed by atoms with E-state index >= 15 is 0 Å². The third-order valence-corrected chi connectivity index (χ3v) is 3.31. The SMILES string of the molecule is CCOC1CCCN(c2c(F)cccc2C(=O)O)C1. The predicted molar refractivity (Wildman–Crippen MR) is 70.2 cm³/mol. The quantitative estimate of drug-likeness (QED) is 0.910. The summed E-state index contributed by atoms with van der Waals surface area (Å²) in [5.41, 5.74) is 0.191. The molecule has 0 amide bonds. The maximum absolute atomic E-state index is 14.0. The predicted octanol–water partition coefficient (Wildman–Crippen LogP) is 2.53. The zero-order chi connectivity index (χ0) is 13.8. The van der Waals surface area contributed by atoms with E-state index in [4.69, 9.17) is 9.84 Å². The molecule has 1 atom stereocenters. The molecule has 1 unspecified atom stereocenters. The number of carboxylic acid groups (broad SMARTS) is 1. The highest BCUT2D eigenvalue weighted by Crippen LogP contribution is 2.28. The minimum Gasteiger partial charge on any atom is -0.478 e. The second-order valence-corrected chi connectivity index (χ2v) is 4.61. The van der Waals surface area contributed by atoms with Gasteiger partial charge in [-0.1, -0.05) is 6.07 Å². The van der Waals surface area contributed by atoms with Crippen molar-refractivity contribution in [3.8, 4) is 0 Å². The van der Waals surface area contributed by atoms with Crippen LogP contribution >= 0.6 is 0 Å². The van der Waals surface area contributed by atoms with Crippen molar-refractivity contribution in [3.05, 3.63) is 29.6 Å². The first-order valence-corrected chi connectivity index (χ1v) is 6.51. The van der Waals surface area contributed by atoms with Crippen molar-refractivity contribution < 1.29 is 19.0 Å². The van der Waals surface area contributed by atoms with Crippen LogP contribution in [0, 0.1) is 5.82 Å². The maximum Gasteiger partial charge on any atom is 0.337 e. The molecule has 1 aromatic rings. The molecule has 0 radical (unpaired) electrons. The van der Waals surface area contributed by atoms with E-state index in [2.05, 4.69) is 0 Å². The van der Waals surface area contributed by atoms with Crippen LogP contribution in [0.15, 0.2) is 18.2 Å². The lowest BCUT2D eigenvalue weighted by molar-refractivity contribution is 0.0522. The van der Waals surface area contributed by atoms with Crippen molar-refractivity contribution >= 4 is 11.7 Å². The molecule has 0 bridgehead atoms. The summed E-state index contributed by atoms with van der Waals surface area (Å²) in [4.78, 5) is 13.0. The number of hydrogen-bond acceptors (Lipinski definition) is 3. The third kappa shape index (κ3) is 3.04. The maximum atomic E-state index is 14.0. The number of aromatic carboxylic acids is 1. The molecule has 19 heavy (non-hydrogen) atoms. The Hall–Kier alpha value is -1.62. The van der Waals surface area contributed by atoms with Gasteiger partial charge in [-0.25, -0.2) is 9.18 Å². The van der Waals surface area contributed by atoms with Crippen LogP contribution in [0.4, 0.5) is 10.1 Å². The fraction of sp³-hybridized carbons (Fsp3) is 0.500. The van der Waals surface area contributed by atoms with E-state index in [-0.39, 0.29) is 17.4 Å². The lowest BCUT2D eigenvalue weighted by Gasteiger charge is -2.35. The number of anilines is 1. The summed E-state index contributed by atoms with van der Waals surface area (Å²) in [5.74, 6) is -1.59. The van der Waals surface area contributed by atoms with Crippen molar-refractivity contribution in [2.45, 2.75) is 25.9 Å². The minimum atomic E-state index is -1.10. The number of hydrogen-bond donors (Lipinski definition) is 1. The Balaban J connectivity index is 2.28. The summed E-state index contributed by atoms with van der Waals surface area (Å²) in [5, 5.41) is 9.17. The Morgan fingerprint density at radius 2 is 2.37 bits per heavy atom. The standard InChI is InChI=1S/C14H18FNO3/c1-2-19-10-5-4-8-16(9-10)13-11(14(17)18)6-3-7-12(13)15/h3,6-7,10H,2,4-5,8-9H2,1H3,(H,17,18). The van der Waals surface area contributed by atoms with Crippen molar-refractivity contribution in [2.24, 2.45) is 0 Å². The summed E-state index contributed by atoms with van der Waals surface area (Å²) < 4.78 is 19.5. The van der Waals surface area contributed by atoms with Crippen LogP contribution in [0.2, 0.25) is 0 Å². The summed E-state index contributed by atoms with van der Waals surface area (Å²) >= 11 is 0. The van der Waals surface area contributed by atoms with Crippen molar-refractivity contribution in [2.75, 3.05) is 24.6 Å². The van der Waals surface area contributed by atoms with E-state index < -0.39 is 11.8 Å². The normalized spacial score (nSPS) is 19.5. The molecule has 0 spiro atoms. The topological polar surface area (TPSA) is 49.8 Å². The second kappa shape index (κ2) is 6.02. The highest BCUT2D eigenvalue weighted by molar-refractivity contribution is 5.94. The molecule has 1 N–H and O–H groups in total. The van der Waals surface area contributed by atoms with Crippen LogP contribution in [0.5, 0.6) is 0 Å². The van der Waals surface area contributed by atoms with Crippen LogP contribution in [-0.2, 0) is 4.74 Å². The number of para-hydroxylation sites is 1. The first-order valence-electron chi connectivity index (χ1n) is 6.51. The van der Waals surface area contributed by atoms with Crippen molar-refractivity contribution in [1.29, 1.82) is 0 Å². The molecule has 0 aliphatic carbocycles. The Labute approximate surface area is 111 Å². The molecule has 4 nitrogen and oxygen atoms in total. The first kappa shape index (κ1) is 13.8. The molecule has 1 heterocycles. The highest BCUT2D eigenvalue weighted by atomic mass is 19.1. The van der Waals surface area contributed by atoms with E-state index in [9.17, 15) is 9.18 Å². The van der Waals surface area contributed by atoms with E-state index in [1.807, 2.05) is 6.92 Å². The van der Waals surface area contributed by atoms with E-state index in [1.165, 1.54) is 18.2 Å². The minimum absolute atomic E-state index is 0.0112. The monoisotopic (exact) mass is 267 g/mol. The molecular weight excluding hydrogens is 249 g/mol. The molecule has 1 aliphatic heterocycles. The zero-order valence-corrected chi connectivity index (χ0v) is 10.9. The Kier molecular flexibility index (Phi) is 4.37. The molecule has 2 rings (SSSR count). The van der Waals surface area contributed by atoms with Crippen molar-refractivity contribution in [1.82, 2.24) is 0 Å². The summed E-state index contributed by atoms with van der Waals surface area (Å²) in [6.07, 6.45) is 1.85. The molecule has 104 valence electrons. The third-order valence-electron chi connectivity index (χ3n) is 3.31. The fourth-order valence-corrected chi connectivity index (χ4v) is 2.52. The van der Waals surface area contributed by atoms with Gasteiger partial charge in [0.05, 0.1) is 17.4 Å². The fourth-order valence-electron chi connectivity index (χ4n) is 2.52. The number of benzene rings is 1. The van der Waals surface area contributed by atoms with Crippen LogP contribution in [0.1, 0.15) is 30.1 Å². The van der Waals surface area contributed by atoms with Crippen LogP contribution in [-0.4, -0.2) is 36.9 Å². The van der Waals surface area contributed by atoms with Gasteiger partial charge in [0, 0.05) is 19.7 Å². The average molecular weight is 267 g/mol. The lowest BCUT2D eigenvalue weighted by atomic mass is 10.0. The van der Waals surface area contributed by atoms with Crippen LogP contribution in [0.25, 0.3) is 0 Å². The van der Waals surface area contributed by atoms with Gasteiger partial charge in [0.25, 0.3) is 0 Å². The summed E-state index contributed by atoms with van der Waals surface area (Å²) in [6, 6.07) is 4.16. The average Bonchev–Trinajstić information content (AvgIpc) is 2.39. The first-order chi connectivity index (χ1) is 9.13. The second-order valence-electron chi connectivity index (χ2n) is 4.61. The number of halogens is 1. The molecule has 1 saturated heterocycles. The highest BCUT2D eigenvalue weighted by Gasteiger charge is 2.26.